The third-order valence-electron chi connectivity index (χ3n) is 1.70. The number of hydrogen-bond donors (Lipinski definition) is 1. The van der Waals surface area contributed by atoms with Gasteiger partial charge in [0, 0.05) is 12.0 Å². The molecule has 1 rings (SSSR count). The maximum Gasteiger partial charge on any atom is 0.131 e. The van der Waals surface area contributed by atoms with E-state index in [0.717, 1.165) is 5.56 Å². The number of benzene rings is 1. The van der Waals surface area contributed by atoms with Crippen molar-refractivity contribution in [2.24, 2.45) is 5.73 Å². The molecule has 2 nitrogen and oxygen atoms in total. The number of hydrogen-bond acceptors (Lipinski definition) is 3. The van der Waals surface area contributed by atoms with Crippen LogP contribution in [0.1, 0.15) is 11.8 Å². The Morgan fingerprint density at radius 3 is 2.33 bits per heavy atom. The Balaban J connectivity index is 2.77. The molecule has 0 amide bonds. The molecule has 1 atom stereocenters. The molecule has 0 aromatic heterocycles. The van der Waals surface area contributed by atoms with Crippen molar-refractivity contribution in [2.45, 2.75) is 11.1 Å². The van der Waals surface area contributed by atoms with Crippen LogP contribution in [0.3, 0.4) is 0 Å². The molecule has 2 N–H and O–H groups in total. The van der Waals surface area contributed by atoms with Crippen molar-refractivity contribution in [1.29, 1.82) is 0 Å². The highest BCUT2D eigenvalue weighted by atomic mass is 32.2. The Labute approximate surface area is 77.1 Å². The van der Waals surface area contributed by atoms with Gasteiger partial charge in [0.05, 0.1) is 0 Å². The van der Waals surface area contributed by atoms with Crippen LogP contribution < -0.4 is 5.73 Å². The minimum Gasteiger partial charge on any atom is -0.363 e. The predicted octanol–water partition coefficient (Wildman–Crippen LogP) is 2.01. The smallest absolute Gasteiger partial charge is 0.131 e. The Morgan fingerprint density at radius 1 is 1.33 bits per heavy atom. The third kappa shape index (κ3) is 2.24. The molecule has 66 valence electrons. The number of ether oxygens (including phenoxy) is 1. The average molecular weight is 183 g/mol. The predicted molar refractivity (Wildman–Crippen MR) is 52.2 cm³/mol. The lowest BCUT2D eigenvalue weighted by atomic mass is 10.2. The first kappa shape index (κ1) is 9.58. The van der Waals surface area contributed by atoms with E-state index in [1.54, 1.807) is 18.9 Å². The summed E-state index contributed by atoms with van der Waals surface area (Å²) in [5.41, 5.74) is 6.67. The fourth-order valence-electron chi connectivity index (χ4n) is 0.930. The minimum absolute atomic E-state index is 0.305. The number of nitrogens with two attached hydrogens (primary N) is 1. The van der Waals surface area contributed by atoms with Gasteiger partial charge in [0.2, 0.25) is 0 Å². The quantitative estimate of drug-likeness (QED) is 0.575. The van der Waals surface area contributed by atoms with Crippen molar-refractivity contribution in [1.82, 2.24) is 0 Å². The molecule has 0 aliphatic carbocycles. The molecule has 0 aliphatic heterocycles. The van der Waals surface area contributed by atoms with Gasteiger partial charge in [0.15, 0.2) is 0 Å². The first-order chi connectivity index (χ1) is 5.77. The fourth-order valence-corrected chi connectivity index (χ4v) is 1.34. The van der Waals surface area contributed by atoms with Crippen LogP contribution in [0.15, 0.2) is 29.2 Å². The lowest BCUT2D eigenvalue weighted by Crippen LogP contribution is -2.11. The maximum atomic E-state index is 5.66. The van der Waals surface area contributed by atoms with Crippen molar-refractivity contribution < 1.29 is 4.74 Å². The Bertz CT molecular complexity index is 235. The van der Waals surface area contributed by atoms with Gasteiger partial charge in [-0.2, -0.15) is 0 Å². The zero-order valence-corrected chi connectivity index (χ0v) is 8.10. The summed E-state index contributed by atoms with van der Waals surface area (Å²) < 4.78 is 4.98. The molecule has 3 heteroatoms. The van der Waals surface area contributed by atoms with Crippen LogP contribution in [-0.4, -0.2) is 13.4 Å². The summed E-state index contributed by atoms with van der Waals surface area (Å²) in [6, 6.07) is 8.05. The lowest BCUT2D eigenvalue weighted by Gasteiger charge is -2.09. The van der Waals surface area contributed by atoms with Crippen LogP contribution in [-0.2, 0) is 4.74 Å². The summed E-state index contributed by atoms with van der Waals surface area (Å²) in [7, 11) is 1.60. The average Bonchev–Trinajstić information content (AvgIpc) is 2.17. The number of thioether (sulfide) groups is 1. The molecule has 0 aliphatic rings. The van der Waals surface area contributed by atoms with Gasteiger partial charge in [-0.25, -0.2) is 0 Å². The van der Waals surface area contributed by atoms with Gasteiger partial charge in [0.1, 0.15) is 6.23 Å². The molecule has 0 spiro atoms. The lowest BCUT2D eigenvalue weighted by molar-refractivity contribution is 0.109. The van der Waals surface area contributed by atoms with Gasteiger partial charge < -0.3 is 10.5 Å². The molecule has 1 aromatic carbocycles. The second-order valence-corrected chi connectivity index (χ2v) is 3.31. The second kappa shape index (κ2) is 4.50. The van der Waals surface area contributed by atoms with Crippen LogP contribution in [0.2, 0.25) is 0 Å². The molecule has 0 saturated carbocycles. The molecule has 0 bridgehead atoms. The van der Waals surface area contributed by atoms with E-state index in [9.17, 15) is 0 Å². The van der Waals surface area contributed by atoms with E-state index < -0.39 is 0 Å². The van der Waals surface area contributed by atoms with Crippen LogP contribution in [0.25, 0.3) is 0 Å². The van der Waals surface area contributed by atoms with Crippen molar-refractivity contribution in [3.05, 3.63) is 29.8 Å². The summed E-state index contributed by atoms with van der Waals surface area (Å²) in [4.78, 5) is 1.24. The van der Waals surface area contributed by atoms with Crippen LogP contribution in [0.4, 0.5) is 0 Å². The van der Waals surface area contributed by atoms with E-state index in [1.165, 1.54) is 4.90 Å². The van der Waals surface area contributed by atoms with E-state index >= 15 is 0 Å². The van der Waals surface area contributed by atoms with Gasteiger partial charge in [-0.05, 0) is 24.0 Å². The van der Waals surface area contributed by atoms with Crippen molar-refractivity contribution >= 4 is 11.8 Å². The van der Waals surface area contributed by atoms with E-state index in [2.05, 4.69) is 0 Å². The van der Waals surface area contributed by atoms with E-state index in [4.69, 9.17) is 10.5 Å². The van der Waals surface area contributed by atoms with Gasteiger partial charge in [-0.1, -0.05) is 12.1 Å². The summed E-state index contributed by atoms with van der Waals surface area (Å²) in [6.45, 7) is 0. The summed E-state index contributed by atoms with van der Waals surface area (Å²) in [6.07, 6.45) is 1.74. The van der Waals surface area contributed by atoms with Gasteiger partial charge >= 0.3 is 0 Å². The second-order valence-electron chi connectivity index (χ2n) is 2.43. The summed E-state index contributed by atoms with van der Waals surface area (Å²) >= 11 is 1.72. The van der Waals surface area contributed by atoms with Crippen molar-refractivity contribution in [3.8, 4) is 0 Å². The van der Waals surface area contributed by atoms with Crippen LogP contribution >= 0.6 is 11.8 Å². The molecule has 0 heterocycles. The van der Waals surface area contributed by atoms with E-state index in [0.29, 0.717) is 0 Å². The minimum atomic E-state index is -0.305. The highest BCUT2D eigenvalue weighted by Gasteiger charge is 2.02. The highest BCUT2D eigenvalue weighted by Crippen LogP contribution is 2.17. The molecular weight excluding hydrogens is 170 g/mol. The Hall–Kier alpha value is -0.510. The normalized spacial score (nSPS) is 12.9. The first-order valence-corrected chi connectivity index (χ1v) is 4.92. The van der Waals surface area contributed by atoms with E-state index in [-0.39, 0.29) is 6.23 Å². The Kier molecular flexibility index (Phi) is 3.59. The zero-order valence-electron chi connectivity index (χ0n) is 7.28. The van der Waals surface area contributed by atoms with Crippen molar-refractivity contribution in [2.75, 3.05) is 13.4 Å². The monoisotopic (exact) mass is 183 g/mol. The largest absolute Gasteiger partial charge is 0.363 e. The molecule has 1 aromatic rings. The SMILES string of the molecule is COC(N)c1ccc(SC)cc1. The standard InChI is InChI=1S/C9H13NOS/c1-11-9(10)7-3-5-8(12-2)6-4-7/h3-6,9H,10H2,1-2H3. The highest BCUT2D eigenvalue weighted by molar-refractivity contribution is 7.98. The van der Waals surface area contributed by atoms with E-state index in [1.807, 2.05) is 30.5 Å². The number of methoxy groups -OCH3 is 1. The van der Waals surface area contributed by atoms with Crippen molar-refractivity contribution in [3.63, 3.8) is 0 Å². The molecular formula is C9H13NOS. The summed E-state index contributed by atoms with van der Waals surface area (Å²) in [5, 5.41) is 0. The van der Waals surface area contributed by atoms with Crippen LogP contribution in [0, 0.1) is 0 Å². The topological polar surface area (TPSA) is 35.2 Å². The maximum absolute atomic E-state index is 5.66. The Morgan fingerprint density at radius 2 is 1.92 bits per heavy atom. The molecule has 0 fully saturated rings. The molecule has 12 heavy (non-hydrogen) atoms. The van der Waals surface area contributed by atoms with Gasteiger partial charge in [-0.15, -0.1) is 11.8 Å². The third-order valence-corrected chi connectivity index (χ3v) is 2.44. The first-order valence-electron chi connectivity index (χ1n) is 3.70. The molecule has 0 saturated heterocycles. The van der Waals surface area contributed by atoms with Crippen LogP contribution in [0.5, 0.6) is 0 Å². The zero-order chi connectivity index (χ0) is 8.97. The number of rotatable bonds is 3. The molecule has 1 unspecified atom stereocenters. The summed E-state index contributed by atoms with van der Waals surface area (Å²) in [5.74, 6) is 0. The van der Waals surface area contributed by atoms with Gasteiger partial charge in [0.25, 0.3) is 0 Å². The molecule has 0 radical (unpaired) electrons. The fraction of sp³-hybridized carbons (Fsp3) is 0.333. The van der Waals surface area contributed by atoms with Gasteiger partial charge in [-0.3, -0.25) is 0 Å².